The number of carboxylic acid groups (broad SMARTS) is 1. The maximum absolute atomic E-state index is 13.0. The molecule has 0 saturated carbocycles. The summed E-state index contributed by atoms with van der Waals surface area (Å²) in [5.74, 6) is -3.68. The summed E-state index contributed by atoms with van der Waals surface area (Å²) >= 11 is 0. The second-order valence-electron chi connectivity index (χ2n) is 6.20. The van der Waals surface area contributed by atoms with Crippen molar-refractivity contribution in [2.45, 2.75) is 12.8 Å². The molecular formula is C21H14O7. The number of aliphatic carboxylic acids is 1. The van der Waals surface area contributed by atoms with Crippen molar-refractivity contribution in [3.05, 3.63) is 76.4 Å². The summed E-state index contributed by atoms with van der Waals surface area (Å²) in [6.45, 7) is 0. The second-order valence-corrected chi connectivity index (χ2v) is 6.20. The number of carboxylic acids is 1. The van der Waals surface area contributed by atoms with E-state index in [1.54, 1.807) is 0 Å². The number of carbonyl (C=O) groups excluding carboxylic acids is 4. The number of benzene rings is 1. The van der Waals surface area contributed by atoms with E-state index in [1.165, 1.54) is 30.3 Å². The van der Waals surface area contributed by atoms with E-state index in [9.17, 15) is 34.2 Å². The molecule has 0 unspecified atom stereocenters. The van der Waals surface area contributed by atoms with Crippen molar-refractivity contribution in [1.82, 2.24) is 0 Å². The Morgan fingerprint density at radius 1 is 0.714 bits per heavy atom. The van der Waals surface area contributed by atoms with Crippen LogP contribution in [0.3, 0.4) is 0 Å². The molecule has 0 aliphatic heterocycles. The van der Waals surface area contributed by atoms with Gasteiger partial charge in [-0.15, -0.1) is 0 Å². The van der Waals surface area contributed by atoms with Crippen LogP contribution in [0.2, 0.25) is 0 Å². The molecule has 0 heterocycles. The predicted octanol–water partition coefficient (Wildman–Crippen LogP) is 1.88. The number of hydrogen-bond donors (Lipinski definition) is 2. The number of phenols is 1. The Hall–Kier alpha value is -3.87. The number of allylic oxidation sites excluding steroid dienone is 6. The van der Waals surface area contributed by atoms with Gasteiger partial charge in [-0.25, -0.2) is 4.79 Å². The number of aromatic hydroxyl groups is 1. The monoisotopic (exact) mass is 378 g/mol. The molecule has 0 radical (unpaired) electrons. The normalized spacial score (nSPS) is 16.6. The first-order valence-electron chi connectivity index (χ1n) is 8.29. The van der Waals surface area contributed by atoms with Crippen LogP contribution in [0.25, 0.3) is 0 Å². The summed E-state index contributed by atoms with van der Waals surface area (Å²) in [7, 11) is 0. The zero-order valence-corrected chi connectivity index (χ0v) is 14.5. The molecule has 7 heteroatoms. The van der Waals surface area contributed by atoms with Gasteiger partial charge in [-0.1, -0.05) is 12.2 Å². The van der Waals surface area contributed by atoms with Crippen molar-refractivity contribution in [3.63, 3.8) is 0 Å². The highest BCUT2D eigenvalue weighted by atomic mass is 16.4. The lowest BCUT2D eigenvalue weighted by Gasteiger charge is -2.17. The molecular weight excluding hydrogens is 364 g/mol. The highest BCUT2D eigenvalue weighted by Crippen LogP contribution is 2.29. The van der Waals surface area contributed by atoms with E-state index < -0.39 is 23.3 Å². The molecule has 7 nitrogen and oxygen atoms in total. The Bertz CT molecular complexity index is 1050. The molecule has 0 atom stereocenters. The lowest BCUT2D eigenvalue weighted by atomic mass is 9.83. The average Bonchev–Trinajstić information content (AvgIpc) is 2.67. The van der Waals surface area contributed by atoms with Gasteiger partial charge in [0.15, 0.2) is 23.1 Å². The van der Waals surface area contributed by atoms with Gasteiger partial charge in [-0.3, -0.25) is 19.2 Å². The average molecular weight is 378 g/mol. The van der Waals surface area contributed by atoms with Gasteiger partial charge < -0.3 is 10.2 Å². The molecule has 0 amide bonds. The molecule has 28 heavy (non-hydrogen) atoms. The van der Waals surface area contributed by atoms with Crippen LogP contribution in [0.1, 0.15) is 23.2 Å². The molecule has 2 aliphatic carbocycles. The zero-order valence-electron chi connectivity index (χ0n) is 14.5. The molecule has 1 aromatic rings. The Labute approximate surface area is 159 Å². The van der Waals surface area contributed by atoms with Crippen molar-refractivity contribution in [3.8, 4) is 5.75 Å². The van der Waals surface area contributed by atoms with Gasteiger partial charge in [0, 0.05) is 35.1 Å². The minimum absolute atomic E-state index is 0.0563. The molecule has 0 bridgehead atoms. The van der Waals surface area contributed by atoms with Crippen LogP contribution >= 0.6 is 0 Å². The summed E-state index contributed by atoms with van der Waals surface area (Å²) in [6, 6.07) is 5.26. The van der Waals surface area contributed by atoms with Crippen LogP contribution in [0.15, 0.2) is 70.9 Å². The fourth-order valence-electron chi connectivity index (χ4n) is 2.93. The van der Waals surface area contributed by atoms with Crippen molar-refractivity contribution in [2.24, 2.45) is 0 Å². The highest BCUT2D eigenvalue weighted by molar-refractivity contribution is 6.29. The van der Waals surface area contributed by atoms with E-state index >= 15 is 0 Å². The topological polar surface area (TPSA) is 126 Å². The molecule has 140 valence electrons. The van der Waals surface area contributed by atoms with Crippen molar-refractivity contribution in [2.75, 3.05) is 0 Å². The number of rotatable bonds is 5. The molecule has 0 spiro atoms. The largest absolute Gasteiger partial charge is 0.508 e. The first-order valence-corrected chi connectivity index (χ1v) is 8.29. The van der Waals surface area contributed by atoms with Crippen LogP contribution in [-0.2, 0) is 19.2 Å². The number of phenolic OH excluding ortho intramolecular Hbond substituents is 1. The van der Waals surface area contributed by atoms with E-state index in [0.29, 0.717) is 0 Å². The molecule has 2 aliphatic rings. The van der Waals surface area contributed by atoms with Gasteiger partial charge in [0.1, 0.15) is 5.75 Å². The van der Waals surface area contributed by atoms with Gasteiger partial charge in [0.25, 0.3) is 0 Å². The molecule has 3 rings (SSSR count). The van der Waals surface area contributed by atoms with Gasteiger partial charge in [-0.05, 0) is 36.4 Å². The Morgan fingerprint density at radius 3 is 1.75 bits per heavy atom. The minimum Gasteiger partial charge on any atom is -0.508 e. The standard InChI is InChI=1S/C21H14O7/c22-12-3-1-11(2-4-12)19(25)17-9-13(23)5-7-15(17)20(26)18-10-14(24)6-8-16(18)21(27)28/h1-4,7-10,22H,5-6H2,(H,27,28). The second kappa shape index (κ2) is 7.40. The third-order valence-electron chi connectivity index (χ3n) is 4.30. The maximum atomic E-state index is 13.0. The molecule has 0 aromatic heterocycles. The third kappa shape index (κ3) is 3.64. The van der Waals surface area contributed by atoms with Crippen LogP contribution in [0.5, 0.6) is 5.75 Å². The van der Waals surface area contributed by atoms with E-state index in [-0.39, 0.29) is 52.2 Å². The van der Waals surface area contributed by atoms with E-state index in [4.69, 9.17) is 0 Å². The van der Waals surface area contributed by atoms with Gasteiger partial charge >= 0.3 is 5.97 Å². The minimum atomic E-state index is -1.37. The molecule has 2 N–H and O–H groups in total. The summed E-state index contributed by atoms with van der Waals surface area (Å²) in [4.78, 5) is 60.8. The highest BCUT2D eigenvalue weighted by Gasteiger charge is 2.32. The number of carbonyl (C=O) groups is 5. The van der Waals surface area contributed by atoms with Crippen LogP contribution in [0, 0.1) is 0 Å². The van der Waals surface area contributed by atoms with Gasteiger partial charge in [-0.2, -0.15) is 0 Å². The van der Waals surface area contributed by atoms with E-state index in [2.05, 4.69) is 0 Å². The van der Waals surface area contributed by atoms with Gasteiger partial charge in [0.2, 0.25) is 0 Å². The first kappa shape index (κ1) is 18.9. The lowest BCUT2D eigenvalue weighted by Crippen LogP contribution is -2.23. The molecule has 0 saturated heterocycles. The lowest BCUT2D eigenvalue weighted by molar-refractivity contribution is -0.132. The molecule has 0 fully saturated rings. The Balaban J connectivity index is 2.02. The van der Waals surface area contributed by atoms with Crippen molar-refractivity contribution in [1.29, 1.82) is 0 Å². The van der Waals surface area contributed by atoms with E-state index in [0.717, 1.165) is 18.2 Å². The SMILES string of the molecule is O=C1C=C(C(=O)C2=CCC(=O)C=C2C(=O)c2ccc(O)cc2)C(C(=O)O)=CC1. The summed E-state index contributed by atoms with van der Waals surface area (Å²) in [5, 5.41) is 18.7. The summed E-state index contributed by atoms with van der Waals surface area (Å²) in [6.07, 6.45) is 4.14. The zero-order chi connectivity index (χ0) is 20.4. The van der Waals surface area contributed by atoms with Crippen molar-refractivity contribution < 1.29 is 34.2 Å². The summed E-state index contributed by atoms with van der Waals surface area (Å²) < 4.78 is 0. The van der Waals surface area contributed by atoms with Crippen LogP contribution < -0.4 is 0 Å². The first-order chi connectivity index (χ1) is 13.3. The van der Waals surface area contributed by atoms with E-state index in [1.807, 2.05) is 0 Å². The smallest absolute Gasteiger partial charge is 0.336 e. The predicted molar refractivity (Wildman–Crippen MR) is 96.7 cm³/mol. The quantitative estimate of drug-likeness (QED) is 0.749. The van der Waals surface area contributed by atoms with Crippen LogP contribution in [0.4, 0.5) is 0 Å². The number of Topliss-reactive ketones (excluding diaryl/α,β-unsaturated/α-hetero) is 2. The van der Waals surface area contributed by atoms with Crippen LogP contribution in [-0.4, -0.2) is 39.3 Å². The fraction of sp³-hybridized carbons (Fsp3) is 0.0952. The Kier molecular flexibility index (Phi) is 5.00. The number of ketones is 4. The fourth-order valence-corrected chi connectivity index (χ4v) is 2.93. The summed E-state index contributed by atoms with van der Waals surface area (Å²) in [5.41, 5.74) is -0.825. The Morgan fingerprint density at radius 2 is 1.21 bits per heavy atom. The number of hydrogen-bond acceptors (Lipinski definition) is 6. The van der Waals surface area contributed by atoms with Crippen molar-refractivity contribution >= 4 is 29.1 Å². The van der Waals surface area contributed by atoms with Gasteiger partial charge in [0.05, 0.1) is 5.57 Å². The third-order valence-corrected chi connectivity index (χ3v) is 4.30. The molecule has 1 aromatic carbocycles. The maximum Gasteiger partial charge on any atom is 0.336 e.